The second-order valence-corrected chi connectivity index (χ2v) is 5.04. The number of benzene rings is 1. The molecule has 0 atom stereocenters. The fourth-order valence-electron chi connectivity index (χ4n) is 1.46. The molecule has 1 aromatic heterocycles. The van der Waals surface area contributed by atoms with E-state index in [0.29, 0.717) is 5.92 Å². The molecule has 1 heterocycles. The summed E-state index contributed by atoms with van der Waals surface area (Å²) in [5.74, 6) is 2.03. The van der Waals surface area contributed by atoms with E-state index < -0.39 is 0 Å². The number of aromatic amines is 1. The first-order chi connectivity index (χ1) is 7.58. The van der Waals surface area contributed by atoms with E-state index in [9.17, 15) is 0 Å². The monoisotopic (exact) mass is 279 g/mol. The molecule has 0 amide bonds. The summed E-state index contributed by atoms with van der Waals surface area (Å²) < 4.78 is 1.02. The Bertz CT molecular complexity index is 503. The lowest BCUT2D eigenvalue weighted by atomic mass is 10.1. The molecule has 1 aromatic carbocycles. The van der Waals surface area contributed by atoms with Gasteiger partial charge in [0, 0.05) is 16.0 Å². The fraction of sp³-hybridized carbons (Fsp3) is 0.333. The van der Waals surface area contributed by atoms with Crippen molar-refractivity contribution < 1.29 is 0 Å². The van der Waals surface area contributed by atoms with Crippen LogP contribution in [0.4, 0.5) is 0 Å². The van der Waals surface area contributed by atoms with Crippen LogP contribution in [0, 0.1) is 6.92 Å². The van der Waals surface area contributed by atoms with E-state index in [1.807, 2.05) is 6.07 Å². The molecule has 3 nitrogen and oxygen atoms in total. The number of nitrogens with one attached hydrogen (secondary N) is 1. The maximum atomic E-state index is 4.49. The first-order valence-electron chi connectivity index (χ1n) is 5.26. The van der Waals surface area contributed by atoms with Crippen molar-refractivity contribution in [3.8, 4) is 11.4 Å². The van der Waals surface area contributed by atoms with Crippen LogP contribution in [0.25, 0.3) is 11.4 Å². The van der Waals surface area contributed by atoms with Gasteiger partial charge in [-0.15, -0.1) is 0 Å². The van der Waals surface area contributed by atoms with E-state index in [-0.39, 0.29) is 0 Å². The summed E-state index contributed by atoms with van der Waals surface area (Å²) in [6, 6.07) is 6.16. The molecule has 0 aliphatic carbocycles. The Kier molecular flexibility index (Phi) is 3.10. The van der Waals surface area contributed by atoms with Crippen molar-refractivity contribution in [1.82, 2.24) is 15.2 Å². The van der Waals surface area contributed by atoms with Gasteiger partial charge in [0.2, 0.25) is 0 Å². The van der Waals surface area contributed by atoms with Crippen molar-refractivity contribution in [2.75, 3.05) is 0 Å². The second-order valence-electron chi connectivity index (χ2n) is 4.18. The van der Waals surface area contributed by atoms with Crippen molar-refractivity contribution in [2.45, 2.75) is 26.7 Å². The van der Waals surface area contributed by atoms with E-state index in [1.54, 1.807) is 0 Å². The van der Waals surface area contributed by atoms with Gasteiger partial charge >= 0.3 is 0 Å². The topological polar surface area (TPSA) is 41.6 Å². The molecule has 0 radical (unpaired) electrons. The molecular formula is C12H14BrN3. The van der Waals surface area contributed by atoms with Crippen molar-refractivity contribution in [1.29, 1.82) is 0 Å². The highest BCUT2D eigenvalue weighted by atomic mass is 79.9. The Balaban J connectivity index is 2.46. The van der Waals surface area contributed by atoms with Gasteiger partial charge in [-0.2, -0.15) is 5.10 Å². The minimum Gasteiger partial charge on any atom is -0.262 e. The smallest absolute Gasteiger partial charge is 0.182 e. The number of hydrogen-bond donors (Lipinski definition) is 1. The van der Waals surface area contributed by atoms with Crippen LogP contribution in [0.3, 0.4) is 0 Å². The maximum Gasteiger partial charge on any atom is 0.182 e. The first kappa shape index (κ1) is 11.3. The number of halogens is 1. The maximum absolute atomic E-state index is 4.49. The molecule has 0 unspecified atom stereocenters. The Hall–Kier alpha value is -1.16. The number of nitrogens with zero attached hydrogens (tertiary/aromatic N) is 2. The van der Waals surface area contributed by atoms with Crippen molar-refractivity contribution in [3.63, 3.8) is 0 Å². The number of hydrogen-bond acceptors (Lipinski definition) is 2. The zero-order chi connectivity index (χ0) is 11.7. The SMILES string of the molecule is Cc1ccc(Br)c(-c2n[nH]c(C(C)C)n2)c1. The molecule has 16 heavy (non-hydrogen) atoms. The van der Waals surface area contributed by atoms with E-state index >= 15 is 0 Å². The van der Waals surface area contributed by atoms with Crippen LogP contribution in [-0.4, -0.2) is 15.2 Å². The number of H-pyrrole nitrogens is 1. The van der Waals surface area contributed by atoms with Crippen molar-refractivity contribution >= 4 is 15.9 Å². The molecule has 4 heteroatoms. The minimum absolute atomic E-state index is 0.366. The molecule has 1 N–H and O–H groups in total. The predicted octanol–water partition coefficient (Wildman–Crippen LogP) is 3.67. The van der Waals surface area contributed by atoms with Gasteiger partial charge in [0.05, 0.1) is 0 Å². The average Bonchev–Trinajstić information content (AvgIpc) is 2.70. The van der Waals surface area contributed by atoms with Gasteiger partial charge in [-0.05, 0) is 19.1 Å². The third-order valence-corrected chi connectivity index (χ3v) is 3.10. The fourth-order valence-corrected chi connectivity index (χ4v) is 1.89. The lowest BCUT2D eigenvalue weighted by molar-refractivity contribution is 0.781. The normalized spacial score (nSPS) is 11.1. The zero-order valence-corrected chi connectivity index (χ0v) is 11.2. The molecule has 0 spiro atoms. The summed E-state index contributed by atoms with van der Waals surface area (Å²) in [7, 11) is 0. The van der Waals surface area contributed by atoms with E-state index in [2.05, 4.69) is 64.0 Å². The quantitative estimate of drug-likeness (QED) is 0.912. The molecule has 2 rings (SSSR count). The van der Waals surface area contributed by atoms with Crippen LogP contribution in [0.1, 0.15) is 31.2 Å². The zero-order valence-electron chi connectivity index (χ0n) is 9.58. The van der Waals surface area contributed by atoms with E-state index in [0.717, 1.165) is 21.7 Å². The molecule has 0 saturated heterocycles. The van der Waals surface area contributed by atoms with Gasteiger partial charge in [0.1, 0.15) is 5.82 Å². The molecule has 0 fully saturated rings. The summed E-state index contributed by atoms with van der Waals surface area (Å²) in [6.07, 6.45) is 0. The van der Waals surface area contributed by atoms with Gasteiger partial charge in [-0.25, -0.2) is 4.98 Å². The highest BCUT2D eigenvalue weighted by Crippen LogP contribution is 2.27. The third-order valence-electron chi connectivity index (χ3n) is 2.41. The molecule has 0 bridgehead atoms. The highest BCUT2D eigenvalue weighted by Gasteiger charge is 2.11. The number of aromatic nitrogens is 3. The van der Waals surface area contributed by atoms with E-state index in [1.165, 1.54) is 5.56 Å². The van der Waals surface area contributed by atoms with Crippen LogP contribution in [-0.2, 0) is 0 Å². The van der Waals surface area contributed by atoms with Crippen LogP contribution in [0.5, 0.6) is 0 Å². The van der Waals surface area contributed by atoms with Gasteiger partial charge in [0.25, 0.3) is 0 Å². The summed E-state index contributed by atoms with van der Waals surface area (Å²) in [6.45, 7) is 6.25. The van der Waals surface area contributed by atoms with Crippen LogP contribution in [0.15, 0.2) is 22.7 Å². The Morgan fingerprint density at radius 2 is 2.06 bits per heavy atom. The standard InChI is InChI=1S/C12H14BrN3/c1-7(2)11-14-12(16-15-11)9-6-8(3)4-5-10(9)13/h4-7H,1-3H3,(H,14,15,16). The third kappa shape index (κ3) is 2.16. The van der Waals surface area contributed by atoms with Gasteiger partial charge in [-0.1, -0.05) is 41.4 Å². The lowest BCUT2D eigenvalue weighted by Gasteiger charge is -2.01. The lowest BCUT2D eigenvalue weighted by Crippen LogP contribution is -1.89. The van der Waals surface area contributed by atoms with Crippen LogP contribution < -0.4 is 0 Å². The van der Waals surface area contributed by atoms with Crippen LogP contribution in [0.2, 0.25) is 0 Å². The van der Waals surface area contributed by atoms with Gasteiger partial charge in [-0.3, -0.25) is 5.10 Å². The highest BCUT2D eigenvalue weighted by molar-refractivity contribution is 9.10. The summed E-state index contributed by atoms with van der Waals surface area (Å²) in [4.78, 5) is 4.49. The summed E-state index contributed by atoms with van der Waals surface area (Å²) in [5.41, 5.74) is 2.23. The largest absolute Gasteiger partial charge is 0.262 e. The Morgan fingerprint density at radius 3 is 2.69 bits per heavy atom. The molecule has 0 aliphatic heterocycles. The number of aryl methyl sites for hydroxylation is 1. The van der Waals surface area contributed by atoms with Crippen molar-refractivity contribution in [2.24, 2.45) is 0 Å². The number of rotatable bonds is 2. The first-order valence-corrected chi connectivity index (χ1v) is 6.06. The van der Waals surface area contributed by atoms with E-state index in [4.69, 9.17) is 0 Å². The summed E-state index contributed by atoms with van der Waals surface area (Å²) >= 11 is 3.52. The molecule has 0 aliphatic rings. The van der Waals surface area contributed by atoms with Gasteiger partial charge < -0.3 is 0 Å². The average molecular weight is 280 g/mol. The summed E-state index contributed by atoms with van der Waals surface area (Å²) in [5, 5.41) is 7.21. The minimum atomic E-state index is 0.366. The molecular weight excluding hydrogens is 266 g/mol. The Labute approximate surface area is 103 Å². The molecule has 2 aromatic rings. The molecule has 0 saturated carbocycles. The molecule has 84 valence electrons. The van der Waals surface area contributed by atoms with Gasteiger partial charge in [0.15, 0.2) is 5.82 Å². The van der Waals surface area contributed by atoms with Crippen molar-refractivity contribution in [3.05, 3.63) is 34.1 Å². The predicted molar refractivity (Wildman–Crippen MR) is 68.3 cm³/mol. The second kappa shape index (κ2) is 4.37. The Morgan fingerprint density at radius 1 is 1.31 bits per heavy atom. The van der Waals surface area contributed by atoms with Crippen LogP contribution >= 0.6 is 15.9 Å².